The molecule has 1 aromatic heterocycles. The normalized spacial score (nSPS) is 12.9. The van der Waals surface area contributed by atoms with E-state index in [1.165, 1.54) is 37.4 Å². The van der Waals surface area contributed by atoms with Gasteiger partial charge in [-0.2, -0.15) is 0 Å². The number of anilines is 2. The number of halogens is 2. The maximum Gasteiger partial charge on any atom is 1.00 e. The minimum Gasteiger partial charge on any atom is -1.00 e. The van der Waals surface area contributed by atoms with Crippen LogP contribution in [-0.4, -0.2) is 41.6 Å². The van der Waals surface area contributed by atoms with Gasteiger partial charge in [-0.25, -0.2) is 4.39 Å². The Labute approximate surface area is 274 Å². The van der Waals surface area contributed by atoms with Gasteiger partial charge in [0.05, 0.1) is 30.7 Å². The van der Waals surface area contributed by atoms with E-state index in [9.17, 15) is 18.8 Å². The number of aromatic nitrogens is 1. The van der Waals surface area contributed by atoms with Gasteiger partial charge in [0.2, 0.25) is 11.8 Å². The first kappa shape index (κ1) is 32.0. The molecule has 0 bridgehead atoms. The number of benzene rings is 3. The first-order valence-corrected chi connectivity index (χ1v) is 13.2. The van der Waals surface area contributed by atoms with E-state index >= 15 is 0 Å². The number of rotatable bonds is 11. The van der Waals surface area contributed by atoms with Gasteiger partial charge in [-0.1, -0.05) is 11.6 Å². The zero-order valence-electron chi connectivity index (χ0n) is 24.3. The van der Waals surface area contributed by atoms with Crippen LogP contribution in [0.5, 0.6) is 23.0 Å². The molecule has 0 spiro atoms. The first-order chi connectivity index (χ1) is 20.2. The number of carboxylic acid groups (broad SMARTS) is 1. The van der Waals surface area contributed by atoms with Crippen LogP contribution in [0.15, 0.2) is 66.9 Å². The Balaban J connectivity index is 0.00000264. The second-order valence-electron chi connectivity index (χ2n) is 9.57. The van der Waals surface area contributed by atoms with Crippen molar-refractivity contribution in [2.45, 2.75) is 19.3 Å². The minimum absolute atomic E-state index is 0. The van der Waals surface area contributed by atoms with Gasteiger partial charge in [0, 0.05) is 29.0 Å². The smallest absolute Gasteiger partial charge is 1.00 e. The number of ether oxygens (including phenoxy) is 3. The van der Waals surface area contributed by atoms with E-state index in [1.54, 1.807) is 36.5 Å². The van der Waals surface area contributed by atoms with E-state index in [0.29, 0.717) is 58.1 Å². The Morgan fingerprint density at radius 1 is 0.953 bits per heavy atom. The van der Waals surface area contributed by atoms with Gasteiger partial charge in [-0.15, -0.1) is 0 Å². The number of methoxy groups -OCH3 is 1. The van der Waals surface area contributed by atoms with Gasteiger partial charge in [-0.3, -0.25) is 19.4 Å². The number of hydrogen-bond donors (Lipinski definition) is 3. The summed E-state index contributed by atoms with van der Waals surface area (Å²) in [4.78, 5) is 41.0. The summed E-state index contributed by atoms with van der Waals surface area (Å²) in [7, 11) is 1.46. The third kappa shape index (κ3) is 7.37. The van der Waals surface area contributed by atoms with Crippen molar-refractivity contribution in [3.8, 4) is 23.0 Å². The molecule has 1 aliphatic rings. The molecule has 0 unspecified atom stereocenters. The SMILES string of the molecule is COc1cc2c(Oc3ccc(NC(=O)C4(C(=O)Nc5ccc(F)cc5)CC4)cc3Cl)ccnc2cc1OCCC(=O)O.[H-].[Na+]. The molecule has 1 aliphatic carbocycles. The van der Waals surface area contributed by atoms with Gasteiger partial charge < -0.3 is 31.4 Å². The molecule has 3 N–H and O–H groups in total. The van der Waals surface area contributed by atoms with Crippen LogP contribution < -0.4 is 54.4 Å². The number of aliphatic carboxylic acids is 1. The largest absolute Gasteiger partial charge is 1.00 e. The molecule has 10 nitrogen and oxygen atoms in total. The van der Waals surface area contributed by atoms with E-state index in [1.807, 2.05) is 0 Å². The van der Waals surface area contributed by atoms with Crippen molar-refractivity contribution in [1.82, 2.24) is 4.98 Å². The molecular weight excluding hydrogens is 592 g/mol. The van der Waals surface area contributed by atoms with E-state index in [2.05, 4.69) is 15.6 Å². The summed E-state index contributed by atoms with van der Waals surface area (Å²) in [6.45, 7) is -0.0358. The van der Waals surface area contributed by atoms with Crippen LogP contribution in [0.1, 0.15) is 20.7 Å². The number of nitrogens with one attached hydrogen (secondary N) is 2. The molecule has 0 radical (unpaired) electrons. The number of carboxylic acids is 1. The Morgan fingerprint density at radius 2 is 1.63 bits per heavy atom. The predicted molar refractivity (Wildman–Crippen MR) is 154 cm³/mol. The van der Waals surface area contributed by atoms with E-state index in [-0.39, 0.29) is 49.0 Å². The topological polar surface area (TPSA) is 136 Å². The van der Waals surface area contributed by atoms with Crippen LogP contribution in [0, 0.1) is 11.2 Å². The van der Waals surface area contributed by atoms with Crippen LogP contribution in [0.3, 0.4) is 0 Å². The summed E-state index contributed by atoms with van der Waals surface area (Å²) >= 11 is 6.50. The van der Waals surface area contributed by atoms with Crippen LogP contribution in [0.25, 0.3) is 10.9 Å². The first-order valence-electron chi connectivity index (χ1n) is 12.9. The Hall–Kier alpha value is -3.90. The number of amides is 2. The van der Waals surface area contributed by atoms with Gasteiger partial charge in [0.15, 0.2) is 11.5 Å². The molecule has 43 heavy (non-hydrogen) atoms. The summed E-state index contributed by atoms with van der Waals surface area (Å²) in [6, 6.07) is 15.0. The van der Waals surface area contributed by atoms with Gasteiger partial charge >= 0.3 is 35.5 Å². The van der Waals surface area contributed by atoms with Crippen molar-refractivity contribution in [1.29, 1.82) is 0 Å². The van der Waals surface area contributed by atoms with Crippen molar-refractivity contribution >= 4 is 51.7 Å². The van der Waals surface area contributed by atoms with Crippen LogP contribution >= 0.6 is 11.6 Å². The molecule has 0 saturated heterocycles. The Morgan fingerprint density at radius 3 is 2.26 bits per heavy atom. The molecule has 1 saturated carbocycles. The molecule has 0 atom stereocenters. The standard InChI is InChI=1S/C30H25ClFN3O7.Na.H/c1-40-25-15-20-22(16-26(25)41-13-9-27(36)37)33-12-8-23(20)42-24-7-6-19(14-21(24)31)35-29(39)30(10-11-30)28(38)34-18-4-2-17(32)3-5-18;;/h2-8,12,14-16H,9-11,13H2,1H3,(H,34,38)(H,35,39)(H,36,37);;/q;+1;-1. The third-order valence-electron chi connectivity index (χ3n) is 6.69. The second kappa shape index (κ2) is 13.6. The Kier molecular flexibility index (Phi) is 10.1. The number of nitrogens with zero attached hydrogens (tertiary/aromatic N) is 1. The van der Waals surface area contributed by atoms with Crippen molar-refractivity contribution in [2.75, 3.05) is 24.4 Å². The molecule has 218 valence electrons. The molecule has 1 heterocycles. The maximum atomic E-state index is 13.2. The van der Waals surface area contributed by atoms with Gasteiger partial charge in [0.1, 0.15) is 22.7 Å². The third-order valence-corrected chi connectivity index (χ3v) is 6.99. The van der Waals surface area contributed by atoms with Crippen LogP contribution in [0.4, 0.5) is 15.8 Å². The molecule has 1 fully saturated rings. The molecule has 3 aromatic carbocycles. The van der Waals surface area contributed by atoms with Gasteiger partial charge in [-0.05, 0) is 67.4 Å². The minimum atomic E-state index is -1.22. The molecular formula is C30H26ClFN3NaO7. The monoisotopic (exact) mass is 617 g/mol. The average Bonchev–Trinajstić information content (AvgIpc) is 3.78. The molecule has 5 rings (SSSR count). The van der Waals surface area contributed by atoms with Crippen LogP contribution in [-0.2, 0) is 14.4 Å². The number of pyridine rings is 1. The summed E-state index contributed by atoms with van der Waals surface area (Å²) in [5, 5.41) is 15.1. The van der Waals surface area contributed by atoms with Crippen molar-refractivity contribution < 1.29 is 69.1 Å². The van der Waals surface area contributed by atoms with Gasteiger partial charge in [0.25, 0.3) is 0 Å². The zero-order valence-corrected chi connectivity index (χ0v) is 26.0. The fourth-order valence-electron chi connectivity index (χ4n) is 4.23. The molecule has 13 heteroatoms. The van der Waals surface area contributed by atoms with E-state index in [4.69, 9.17) is 30.9 Å². The quantitative estimate of drug-likeness (QED) is 0.173. The van der Waals surface area contributed by atoms with Crippen molar-refractivity contribution in [3.05, 3.63) is 77.7 Å². The summed E-state index contributed by atoms with van der Waals surface area (Å²) in [5.74, 6) is -0.913. The summed E-state index contributed by atoms with van der Waals surface area (Å²) < 4.78 is 30.2. The predicted octanol–water partition coefficient (Wildman–Crippen LogP) is 3.16. The molecule has 0 aliphatic heterocycles. The maximum absolute atomic E-state index is 13.2. The number of carbonyl (C=O) groups is 3. The Bertz CT molecular complexity index is 1690. The molecule has 4 aromatic rings. The summed E-state index contributed by atoms with van der Waals surface area (Å²) in [6.07, 6.45) is 2.13. The fraction of sp³-hybridized carbons (Fsp3) is 0.200. The fourth-order valence-corrected chi connectivity index (χ4v) is 4.45. The number of fused-ring (bicyclic) bond motifs is 1. The van der Waals surface area contributed by atoms with E-state index in [0.717, 1.165) is 0 Å². The summed E-state index contributed by atoms with van der Waals surface area (Å²) in [5.41, 5.74) is 0.0735. The average molecular weight is 618 g/mol. The van der Waals surface area contributed by atoms with Crippen LogP contribution in [0.2, 0.25) is 5.02 Å². The molecule has 2 amide bonds. The van der Waals surface area contributed by atoms with E-state index < -0.39 is 29.0 Å². The number of hydrogen-bond acceptors (Lipinski definition) is 7. The van der Waals surface area contributed by atoms with Crippen molar-refractivity contribution in [3.63, 3.8) is 0 Å². The zero-order chi connectivity index (χ0) is 29.9. The second-order valence-corrected chi connectivity index (χ2v) is 9.97. The number of carbonyl (C=O) groups excluding carboxylic acids is 2. The van der Waals surface area contributed by atoms with Crippen molar-refractivity contribution in [2.24, 2.45) is 5.41 Å².